The van der Waals surface area contributed by atoms with Crippen LogP contribution in [0.5, 0.6) is 0 Å². The summed E-state index contributed by atoms with van der Waals surface area (Å²) < 4.78 is 43.0. The predicted octanol–water partition coefficient (Wildman–Crippen LogP) is 5.85. The Balaban J connectivity index is 2.34. The Morgan fingerprint density at radius 2 is 1.86 bits per heavy atom. The van der Waals surface area contributed by atoms with Gasteiger partial charge in [0, 0.05) is 12.1 Å². The van der Waals surface area contributed by atoms with Gasteiger partial charge in [-0.1, -0.05) is 26.0 Å². The highest BCUT2D eigenvalue weighted by Crippen LogP contribution is 2.36. The van der Waals surface area contributed by atoms with E-state index in [1.54, 1.807) is 6.07 Å². The lowest BCUT2D eigenvalue weighted by Gasteiger charge is -2.22. The van der Waals surface area contributed by atoms with Gasteiger partial charge in [0.15, 0.2) is 5.82 Å². The third kappa shape index (κ3) is 5.17. The van der Waals surface area contributed by atoms with Crippen LogP contribution in [0, 0.1) is 13.8 Å². The molecule has 0 unspecified atom stereocenters. The Labute approximate surface area is 168 Å². The summed E-state index contributed by atoms with van der Waals surface area (Å²) in [5.41, 5.74) is 2.06. The van der Waals surface area contributed by atoms with Gasteiger partial charge in [0.1, 0.15) is 0 Å². The molecule has 2 N–H and O–H groups in total. The molecule has 0 aliphatic rings. The van der Waals surface area contributed by atoms with Crippen LogP contribution in [0.15, 0.2) is 23.1 Å². The molecule has 28 heavy (non-hydrogen) atoms. The Bertz CT molecular complexity index is 809. The molecule has 0 aliphatic heterocycles. The van der Waals surface area contributed by atoms with Gasteiger partial charge in [-0.3, -0.25) is 4.72 Å². The molecule has 154 valence electrons. The number of benzene rings is 1. The van der Waals surface area contributed by atoms with Crippen molar-refractivity contribution in [1.29, 1.82) is 0 Å². The van der Waals surface area contributed by atoms with Crippen molar-refractivity contribution in [2.45, 2.75) is 64.6 Å². The van der Waals surface area contributed by atoms with E-state index in [4.69, 9.17) is 0 Å². The number of alkyl halides is 3. The fourth-order valence-corrected chi connectivity index (χ4v) is 4.08. The van der Waals surface area contributed by atoms with Crippen molar-refractivity contribution in [1.82, 2.24) is 14.9 Å². The largest absolute Gasteiger partial charge is 0.416 e. The Kier molecular flexibility index (Phi) is 7.71. The van der Waals surface area contributed by atoms with E-state index in [2.05, 4.69) is 27.2 Å². The van der Waals surface area contributed by atoms with Crippen molar-refractivity contribution < 1.29 is 13.2 Å². The smallest absolute Gasteiger partial charge is 0.362 e. The van der Waals surface area contributed by atoms with Crippen molar-refractivity contribution in [3.8, 4) is 0 Å². The zero-order valence-corrected chi connectivity index (χ0v) is 17.7. The Morgan fingerprint density at radius 1 is 1.14 bits per heavy atom. The molecule has 8 heteroatoms. The zero-order valence-electron chi connectivity index (χ0n) is 16.9. The summed E-state index contributed by atoms with van der Waals surface area (Å²) in [6, 6.07) is 3.93. The Hall–Kier alpha value is -1.80. The van der Waals surface area contributed by atoms with E-state index in [1.165, 1.54) is 24.9 Å². The highest BCUT2D eigenvalue weighted by atomic mass is 32.2. The third-order valence-electron chi connectivity index (χ3n) is 4.57. The number of aryl methyl sites for hydroxylation is 1. The van der Waals surface area contributed by atoms with Crippen molar-refractivity contribution in [2.75, 3.05) is 11.9 Å². The van der Waals surface area contributed by atoms with E-state index in [9.17, 15) is 13.2 Å². The van der Waals surface area contributed by atoms with E-state index in [-0.39, 0.29) is 11.6 Å². The lowest BCUT2D eigenvalue weighted by molar-refractivity contribution is -0.138. The molecule has 2 rings (SSSR count). The first-order valence-corrected chi connectivity index (χ1v) is 10.2. The Morgan fingerprint density at radius 3 is 2.46 bits per heavy atom. The number of hydrogen-bond donors (Lipinski definition) is 2. The average Bonchev–Trinajstić information content (AvgIpc) is 2.63. The van der Waals surface area contributed by atoms with E-state index in [0.29, 0.717) is 11.4 Å². The van der Waals surface area contributed by atoms with Gasteiger partial charge in [-0.25, -0.2) is 0 Å². The minimum atomic E-state index is -4.37. The van der Waals surface area contributed by atoms with Crippen molar-refractivity contribution >= 4 is 17.8 Å². The maximum absolute atomic E-state index is 13.2. The van der Waals surface area contributed by atoms with Gasteiger partial charge >= 0.3 is 6.18 Å². The van der Waals surface area contributed by atoms with Gasteiger partial charge in [-0.2, -0.15) is 18.3 Å². The first-order chi connectivity index (χ1) is 13.2. The maximum Gasteiger partial charge on any atom is 0.416 e. The molecule has 0 spiro atoms. The summed E-state index contributed by atoms with van der Waals surface area (Å²) in [7, 11) is 0. The molecule has 1 heterocycles. The molecular weight excluding hydrogens is 385 g/mol. The summed E-state index contributed by atoms with van der Waals surface area (Å²) in [6.07, 6.45) is -2.61. The maximum atomic E-state index is 13.2. The van der Waals surface area contributed by atoms with Crippen LogP contribution < -0.4 is 10.0 Å². The second kappa shape index (κ2) is 9.60. The molecule has 1 atom stereocenters. The van der Waals surface area contributed by atoms with Crippen molar-refractivity contribution in [2.24, 2.45) is 0 Å². The standard InChI is InChI=1S/C20H27F3N4S/c1-6-11-24-28-18-14(5)26-27-19(15(18)7-2)25-13(4)16-9-8-10-17(12(16)3)20(21,22)23/h8-10,13,24H,6-7,11H2,1-5H3,(H,25,27)/t13-/m1/s1. The quantitative estimate of drug-likeness (QED) is 0.420. The summed E-state index contributed by atoms with van der Waals surface area (Å²) in [5.74, 6) is 0.609. The molecule has 4 nitrogen and oxygen atoms in total. The van der Waals surface area contributed by atoms with Crippen LogP contribution in [-0.4, -0.2) is 16.7 Å². The first-order valence-electron chi connectivity index (χ1n) is 9.39. The molecule has 0 saturated heterocycles. The minimum Gasteiger partial charge on any atom is -0.362 e. The molecule has 0 aliphatic carbocycles. The molecule has 2 aromatic rings. The van der Waals surface area contributed by atoms with E-state index in [1.807, 2.05) is 20.8 Å². The molecule has 0 bridgehead atoms. The monoisotopic (exact) mass is 412 g/mol. The number of rotatable bonds is 8. The number of anilines is 1. The molecule has 0 radical (unpaired) electrons. The molecule has 0 saturated carbocycles. The molecule has 1 aromatic heterocycles. The highest BCUT2D eigenvalue weighted by molar-refractivity contribution is 7.97. The lowest BCUT2D eigenvalue weighted by atomic mass is 9.97. The van der Waals surface area contributed by atoms with Crippen molar-refractivity contribution in [3.63, 3.8) is 0 Å². The van der Waals surface area contributed by atoms with E-state index < -0.39 is 11.7 Å². The van der Waals surface area contributed by atoms with Gasteiger partial charge in [-0.05, 0) is 62.8 Å². The summed E-state index contributed by atoms with van der Waals surface area (Å²) in [6.45, 7) is 10.3. The molecular formula is C20H27F3N4S. The number of nitrogens with zero attached hydrogens (tertiary/aromatic N) is 2. The van der Waals surface area contributed by atoms with Crippen LogP contribution in [0.4, 0.5) is 19.0 Å². The van der Waals surface area contributed by atoms with Crippen LogP contribution in [0.25, 0.3) is 0 Å². The van der Waals surface area contributed by atoms with Crippen LogP contribution in [-0.2, 0) is 12.6 Å². The highest BCUT2D eigenvalue weighted by Gasteiger charge is 2.33. The number of aromatic nitrogens is 2. The van der Waals surface area contributed by atoms with Crippen LogP contribution in [0.3, 0.4) is 0 Å². The fraction of sp³-hybridized carbons (Fsp3) is 0.500. The normalized spacial score (nSPS) is 12.9. The van der Waals surface area contributed by atoms with E-state index >= 15 is 0 Å². The molecule has 0 fully saturated rings. The van der Waals surface area contributed by atoms with Crippen molar-refractivity contribution in [3.05, 3.63) is 46.1 Å². The lowest BCUT2D eigenvalue weighted by Crippen LogP contribution is -2.16. The van der Waals surface area contributed by atoms with Crippen LogP contribution >= 0.6 is 11.9 Å². The van der Waals surface area contributed by atoms with Gasteiger partial charge < -0.3 is 5.32 Å². The summed E-state index contributed by atoms with van der Waals surface area (Å²) in [5, 5.41) is 11.8. The molecule has 0 amide bonds. The SMILES string of the molecule is CCCNSc1c(C)nnc(N[C@H](C)c2cccc(C(F)(F)F)c2C)c1CC. The van der Waals surface area contributed by atoms with E-state index in [0.717, 1.165) is 41.6 Å². The minimum absolute atomic E-state index is 0.229. The van der Waals surface area contributed by atoms with Crippen LogP contribution in [0.2, 0.25) is 0 Å². The van der Waals surface area contributed by atoms with Gasteiger partial charge in [0.25, 0.3) is 0 Å². The fourth-order valence-electron chi connectivity index (χ4n) is 3.07. The second-order valence-corrected chi connectivity index (χ2v) is 7.58. The summed E-state index contributed by atoms with van der Waals surface area (Å²) in [4.78, 5) is 1.02. The molecule has 1 aromatic carbocycles. The number of halogens is 3. The summed E-state index contributed by atoms with van der Waals surface area (Å²) >= 11 is 1.53. The predicted molar refractivity (Wildman–Crippen MR) is 109 cm³/mol. The first kappa shape index (κ1) is 22.5. The number of hydrogen-bond acceptors (Lipinski definition) is 5. The number of nitrogens with one attached hydrogen (secondary N) is 2. The zero-order chi connectivity index (χ0) is 20.9. The topological polar surface area (TPSA) is 49.8 Å². The van der Waals surface area contributed by atoms with Crippen LogP contribution in [0.1, 0.15) is 61.2 Å². The second-order valence-electron chi connectivity index (χ2n) is 6.68. The average molecular weight is 413 g/mol. The third-order valence-corrected chi connectivity index (χ3v) is 5.66. The van der Waals surface area contributed by atoms with Gasteiger partial charge in [-0.15, -0.1) is 5.10 Å². The van der Waals surface area contributed by atoms with Gasteiger partial charge in [0.05, 0.1) is 22.2 Å². The van der Waals surface area contributed by atoms with Gasteiger partial charge in [0.2, 0.25) is 0 Å².